The molecular formula is C10H8F4INO2. The largest absolute Gasteiger partial charge is 0.426 e. The van der Waals surface area contributed by atoms with Crippen molar-refractivity contribution in [1.82, 2.24) is 0 Å². The Bertz CT molecular complexity index is 473. The molecule has 0 aliphatic carbocycles. The predicted octanol–water partition coefficient (Wildman–Crippen LogP) is 2.68. The highest BCUT2D eigenvalue weighted by Gasteiger charge is 2.55. The molecule has 0 bridgehead atoms. The average molecular weight is 377 g/mol. The van der Waals surface area contributed by atoms with Crippen molar-refractivity contribution in [2.24, 2.45) is 0 Å². The molecule has 0 unspecified atom stereocenters. The van der Waals surface area contributed by atoms with Crippen LogP contribution in [0.3, 0.4) is 0 Å². The number of hydrogen-bond donors (Lipinski definition) is 2. The standard InChI is InChI=1S/C10H8F4INO2/c1-9(18,10(12,13)14)8(17)16-7-3-2-5(15)4-6(7)11/h2-4,18H,1H3,(H,16,17)/t9-/m1/s1. The van der Waals surface area contributed by atoms with Gasteiger partial charge in [0.2, 0.25) is 5.60 Å². The summed E-state index contributed by atoms with van der Waals surface area (Å²) in [5, 5.41) is 10.8. The van der Waals surface area contributed by atoms with E-state index in [9.17, 15) is 22.4 Å². The van der Waals surface area contributed by atoms with E-state index in [0.717, 1.165) is 12.1 Å². The molecular weight excluding hydrogens is 369 g/mol. The Morgan fingerprint density at radius 2 is 1.94 bits per heavy atom. The molecule has 1 amide bonds. The fourth-order valence-corrected chi connectivity index (χ4v) is 1.42. The van der Waals surface area contributed by atoms with Crippen molar-refractivity contribution in [1.29, 1.82) is 0 Å². The van der Waals surface area contributed by atoms with E-state index in [4.69, 9.17) is 5.11 Å². The van der Waals surface area contributed by atoms with Gasteiger partial charge in [0.1, 0.15) is 5.82 Å². The maximum Gasteiger partial charge on any atom is 0.426 e. The van der Waals surface area contributed by atoms with Gasteiger partial charge < -0.3 is 10.4 Å². The van der Waals surface area contributed by atoms with E-state index in [2.05, 4.69) is 0 Å². The van der Waals surface area contributed by atoms with Crippen LogP contribution in [0.2, 0.25) is 0 Å². The Labute approximate surface area is 113 Å². The molecule has 1 aromatic rings. The van der Waals surface area contributed by atoms with Gasteiger partial charge in [-0.3, -0.25) is 4.79 Å². The molecule has 18 heavy (non-hydrogen) atoms. The Morgan fingerprint density at radius 1 is 1.39 bits per heavy atom. The lowest BCUT2D eigenvalue weighted by Crippen LogP contribution is -2.52. The first-order valence-corrected chi connectivity index (χ1v) is 5.69. The van der Waals surface area contributed by atoms with Crippen LogP contribution in [0, 0.1) is 9.39 Å². The molecule has 100 valence electrons. The molecule has 1 rings (SSSR count). The Morgan fingerprint density at radius 3 is 2.39 bits per heavy atom. The van der Waals surface area contributed by atoms with Crippen molar-refractivity contribution in [3.8, 4) is 0 Å². The second-order valence-electron chi connectivity index (χ2n) is 3.65. The summed E-state index contributed by atoms with van der Waals surface area (Å²) in [6.07, 6.45) is -5.14. The van der Waals surface area contributed by atoms with E-state index in [1.54, 1.807) is 27.9 Å². The van der Waals surface area contributed by atoms with Crippen molar-refractivity contribution in [3.05, 3.63) is 27.6 Å². The van der Waals surface area contributed by atoms with E-state index < -0.39 is 29.2 Å². The summed E-state index contributed by atoms with van der Waals surface area (Å²) >= 11 is 1.80. The number of alkyl halides is 3. The van der Waals surface area contributed by atoms with Gasteiger partial charge in [-0.1, -0.05) is 0 Å². The number of nitrogens with one attached hydrogen (secondary N) is 1. The minimum absolute atomic E-state index is 0.299. The average Bonchev–Trinajstić information content (AvgIpc) is 2.20. The molecule has 0 saturated heterocycles. The zero-order valence-electron chi connectivity index (χ0n) is 8.98. The normalized spacial score (nSPS) is 15.1. The summed E-state index contributed by atoms with van der Waals surface area (Å²) in [4.78, 5) is 11.3. The number of halogens is 5. The van der Waals surface area contributed by atoms with E-state index in [1.165, 1.54) is 6.07 Å². The van der Waals surface area contributed by atoms with Gasteiger partial charge in [0.15, 0.2) is 0 Å². The maximum absolute atomic E-state index is 13.3. The highest BCUT2D eigenvalue weighted by Crippen LogP contribution is 2.31. The number of amides is 1. The van der Waals surface area contributed by atoms with E-state index in [0.29, 0.717) is 10.5 Å². The molecule has 2 N–H and O–H groups in total. The first kappa shape index (κ1) is 15.2. The Kier molecular flexibility index (Phi) is 4.21. The highest BCUT2D eigenvalue weighted by molar-refractivity contribution is 14.1. The predicted molar refractivity (Wildman–Crippen MR) is 64.4 cm³/mol. The molecule has 0 aliphatic heterocycles. The van der Waals surface area contributed by atoms with Crippen LogP contribution in [-0.2, 0) is 4.79 Å². The van der Waals surface area contributed by atoms with Crippen molar-refractivity contribution >= 4 is 34.2 Å². The summed E-state index contributed by atoms with van der Waals surface area (Å²) in [5.41, 5.74) is -4.01. The second kappa shape index (κ2) is 5.00. The van der Waals surface area contributed by atoms with Gasteiger partial charge in [-0.25, -0.2) is 4.39 Å². The number of carbonyl (C=O) groups excluding carboxylic acids is 1. The molecule has 0 spiro atoms. The number of rotatable bonds is 2. The monoisotopic (exact) mass is 377 g/mol. The topological polar surface area (TPSA) is 49.3 Å². The number of hydrogen-bond acceptors (Lipinski definition) is 2. The summed E-state index contributed by atoms with van der Waals surface area (Å²) in [7, 11) is 0. The number of anilines is 1. The highest BCUT2D eigenvalue weighted by atomic mass is 127. The zero-order chi connectivity index (χ0) is 14.1. The van der Waals surface area contributed by atoms with Crippen LogP contribution in [0.25, 0.3) is 0 Å². The van der Waals surface area contributed by atoms with Crippen LogP contribution in [0.1, 0.15) is 6.92 Å². The maximum atomic E-state index is 13.3. The van der Waals surface area contributed by atoms with Crippen molar-refractivity contribution in [2.45, 2.75) is 18.7 Å². The lowest BCUT2D eigenvalue weighted by molar-refractivity contribution is -0.242. The van der Waals surface area contributed by atoms with Gasteiger partial charge >= 0.3 is 6.18 Å². The van der Waals surface area contributed by atoms with Crippen molar-refractivity contribution in [2.75, 3.05) is 5.32 Å². The SMILES string of the molecule is C[C@@](O)(C(=O)Nc1ccc(I)cc1F)C(F)(F)F. The van der Waals surface area contributed by atoms with Gasteiger partial charge in [-0.15, -0.1) is 0 Å². The first-order valence-electron chi connectivity index (χ1n) is 4.61. The van der Waals surface area contributed by atoms with Gasteiger partial charge in [0, 0.05) is 3.57 Å². The van der Waals surface area contributed by atoms with Crippen LogP contribution in [0.5, 0.6) is 0 Å². The summed E-state index contributed by atoms with van der Waals surface area (Å²) in [6.45, 7) is 0.299. The van der Waals surface area contributed by atoms with Crippen LogP contribution in [0.15, 0.2) is 18.2 Å². The van der Waals surface area contributed by atoms with E-state index in [-0.39, 0.29) is 0 Å². The lowest BCUT2D eigenvalue weighted by atomic mass is 10.1. The molecule has 8 heteroatoms. The molecule has 0 saturated carbocycles. The van der Waals surface area contributed by atoms with Gasteiger partial charge in [0.05, 0.1) is 5.69 Å². The van der Waals surface area contributed by atoms with Crippen LogP contribution >= 0.6 is 22.6 Å². The molecule has 1 atom stereocenters. The molecule has 0 radical (unpaired) electrons. The lowest BCUT2D eigenvalue weighted by Gasteiger charge is -2.24. The summed E-state index contributed by atoms with van der Waals surface area (Å²) in [5.74, 6) is -2.62. The molecule has 0 fully saturated rings. The quantitative estimate of drug-likeness (QED) is 0.615. The van der Waals surface area contributed by atoms with Crippen LogP contribution < -0.4 is 5.32 Å². The molecule has 1 aromatic carbocycles. The van der Waals surface area contributed by atoms with Crippen LogP contribution in [-0.4, -0.2) is 22.8 Å². The van der Waals surface area contributed by atoms with Gasteiger partial charge in [-0.05, 0) is 47.7 Å². The van der Waals surface area contributed by atoms with E-state index in [1.807, 2.05) is 0 Å². The molecule has 0 heterocycles. The third-order valence-corrected chi connectivity index (χ3v) is 2.84. The molecule has 0 aromatic heterocycles. The van der Waals surface area contributed by atoms with Gasteiger partial charge in [-0.2, -0.15) is 13.2 Å². The number of carbonyl (C=O) groups is 1. The summed E-state index contributed by atoms with van der Waals surface area (Å²) < 4.78 is 50.9. The summed E-state index contributed by atoms with van der Waals surface area (Å²) in [6, 6.07) is 3.56. The second-order valence-corrected chi connectivity index (χ2v) is 4.89. The van der Waals surface area contributed by atoms with Crippen LogP contribution in [0.4, 0.5) is 23.2 Å². The minimum atomic E-state index is -5.14. The van der Waals surface area contributed by atoms with Crippen molar-refractivity contribution < 1.29 is 27.5 Å². The zero-order valence-corrected chi connectivity index (χ0v) is 11.1. The Hall–Kier alpha value is -0.900. The minimum Gasteiger partial charge on any atom is -0.373 e. The fraction of sp³-hybridized carbons (Fsp3) is 0.300. The fourth-order valence-electron chi connectivity index (χ4n) is 0.964. The first-order chi connectivity index (χ1) is 8.05. The smallest absolute Gasteiger partial charge is 0.373 e. The van der Waals surface area contributed by atoms with E-state index >= 15 is 0 Å². The number of aliphatic hydroxyl groups is 1. The molecule has 3 nitrogen and oxygen atoms in total. The molecule has 0 aliphatic rings. The Balaban J connectivity index is 2.95. The third-order valence-electron chi connectivity index (χ3n) is 2.17. The van der Waals surface area contributed by atoms with Gasteiger partial charge in [0.25, 0.3) is 5.91 Å². The van der Waals surface area contributed by atoms with Crippen molar-refractivity contribution in [3.63, 3.8) is 0 Å². The number of benzene rings is 1. The third kappa shape index (κ3) is 3.10.